The zero-order valence-electron chi connectivity index (χ0n) is 31.0. The van der Waals surface area contributed by atoms with E-state index in [1.54, 1.807) is 0 Å². The summed E-state index contributed by atoms with van der Waals surface area (Å²) in [5, 5.41) is 2.23. The molecule has 2 aliphatic rings. The molecule has 8 aromatic rings. The van der Waals surface area contributed by atoms with Gasteiger partial charge in [-0.15, -0.1) is 0 Å². The Morgan fingerprint density at radius 3 is 1.96 bits per heavy atom. The van der Waals surface area contributed by atoms with E-state index in [2.05, 4.69) is 200 Å². The van der Waals surface area contributed by atoms with Gasteiger partial charge in [0.25, 0.3) is 0 Å². The van der Waals surface area contributed by atoms with Crippen molar-refractivity contribution in [2.45, 2.75) is 26.2 Å². The molecular formula is C53H41NO. The van der Waals surface area contributed by atoms with Crippen LogP contribution >= 0.6 is 0 Å². The smallest absolute Gasteiger partial charge is 0.137 e. The molecule has 2 aliphatic carbocycles. The molecule has 0 bridgehead atoms. The van der Waals surface area contributed by atoms with E-state index >= 15 is 0 Å². The minimum atomic E-state index is 0.506. The molecule has 0 saturated heterocycles. The fourth-order valence-electron chi connectivity index (χ4n) is 8.46. The highest BCUT2D eigenvalue weighted by molar-refractivity contribution is 6.14. The third-order valence-electron chi connectivity index (χ3n) is 11.3. The average molecular weight is 708 g/mol. The Balaban J connectivity index is 1.12. The molecule has 264 valence electrons. The molecule has 1 heterocycles. The standard InChI is InChI=1S/C53H41NO/c1-36-12-10-17-41-34-49-52(35-42(41)23-22-36)55-51-21-11-20-50(53(49)51)54(43-28-24-38(25-29-43)37-13-4-2-5-14-37)44-30-26-40(27-31-44)46-33-32-45(39-15-6-3-7-16-39)47-18-8-9-19-48(46)47/h2-7,9-11,13-17,19-36H,8,12,18H2,1H3/b17-10+,23-22-. The maximum absolute atomic E-state index is 6.64. The number of benzene rings is 7. The number of fused-ring (bicyclic) bond motifs is 5. The molecule has 2 heteroatoms. The first-order valence-electron chi connectivity index (χ1n) is 19.5. The zero-order valence-corrected chi connectivity index (χ0v) is 31.0. The summed E-state index contributed by atoms with van der Waals surface area (Å²) in [6, 6.07) is 55.0. The molecule has 1 atom stereocenters. The van der Waals surface area contributed by atoms with Crippen LogP contribution in [0.25, 0.3) is 73.5 Å². The molecule has 55 heavy (non-hydrogen) atoms. The summed E-state index contributed by atoms with van der Waals surface area (Å²) in [6.45, 7) is 2.26. The van der Waals surface area contributed by atoms with Gasteiger partial charge < -0.3 is 9.32 Å². The largest absolute Gasteiger partial charge is 0.456 e. The number of hydrogen-bond acceptors (Lipinski definition) is 2. The van der Waals surface area contributed by atoms with Crippen molar-refractivity contribution < 1.29 is 4.42 Å². The molecule has 2 nitrogen and oxygen atoms in total. The third kappa shape index (κ3) is 6.10. The number of nitrogens with zero attached hydrogens (tertiary/aromatic N) is 1. The number of hydrogen-bond donors (Lipinski definition) is 0. The van der Waals surface area contributed by atoms with E-state index in [-0.39, 0.29) is 0 Å². The van der Waals surface area contributed by atoms with E-state index < -0.39 is 0 Å². The van der Waals surface area contributed by atoms with Crippen molar-refractivity contribution in [2.24, 2.45) is 5.92 Å². The Morgan fingerprint density at radius 1 is 0.545 bits per heavy atom. The maximum Gasteiger partial charge on any atom is 0.137 e. The number of anilines is 3. The van der Waals surface area contributed by atoms with Crippen molar-refractivity contribution in [3.63, 3.8) is 0 Å². The minimum absolute atomic E-state index is 0.506. The first-order chi connectivity index (χ1) is 27.2. The van der Waals surface area contributed by atoms with Crippen molar-refractivity contribution in [3.8, 4) is 33.4 Å². The SMILES string of the molecule is CC1/C=C\c2cc3oc4cccc(N(c5ccc(-c6ccccc6)cc5)c5ccc(-c6ccc(-c7ccccc7)c7c6C=CCC7)cc5)c4c3cc2/C=C/C1. The van der Waals surface area contributed by atoms with Gasteiger partial charge in [-0.05, 0) is 129 Å². The Hall–Kier alpha value is -6.64. The van der Waals surface area contributed by atoms with Gasteiger partial charge in [0.15, 0.2) is 0 Å². The molecule has 10 rings (SSSR count). The zero-order chi connectivity index (χ0) is 36.7. The molecule has 0 fully saturated rings. The molecule has 0 radical (unpaired) electrons. The van der Waals surface area contributed by atoms with Gasteiger partial charge in [-0.2, -0.15) is 0 Å². The van der Waals surface area contributed by atoms with Crippen LogP contribution in [0.2, 0.25) is 0 Å². The lowest BCUT2D eigenvalue weighted by atomic mass is 9.84. The van der Waals surface area contributed by atoms with Gasteiger partial charge in [-0.3, -0.25) is 0 Å². The highest BCUT2D eigenvalue weighted by atomic mass is 16.3. The normalized spacial score (nSPS) is 15.9. The van der Waals surface area contributed by atoms with Crippen LogP contribution in [0.15, 0.2) is 174 Å². The molecule has 0 N–H and O–H groups in total. The van der Waals surface area contributed by atoms with Crippen LogP contribution in [0.5, 0.6) is 0 Å². The summed E-state index contributed by atoms with van der Waals surface area (Å²) in [4.78, 5) is 2.39. The van der Waals surface area contributed by atoms with Crippen molar-refractivity contribution >= 4 is 57.2 Å². The van der Waals surface area contributed by atoms with Crippen LogP contribution in [0.3, 0.4) is 0 Å². The van der Waals surface area contributed by atoms with Gasteiger partial charge in [-0.25, -0.2) is 0 Å². The summed E-state index contributed by atoms with van der Waals surface area (Å²) in [7, 11) is 0. The van der Waals surface area contributed by atoms with Gasteiger partial charge in [0, 0.05) is 16.8 Å². The summed E-state index contributed by atoms with van der Waals surface area (Å²) in [6.07, 6.45) is 16.9. The monoisotopic (exact) mass is 707 g/mol. The molecule has 0 amide bonds. The summed E-state index contributed by atoms with van der Waals surface area (Å²) in [5.41, 5.74) is 17.7. The fourth-order valence-corrected chi connectivity index (χ4v) is 8.46. The van der Waals surface area contributed by atoms with Gasteiger partial charge in [0.2, 0.25) is 0 Å². The molecule has 0 saturated carbocycles. The first-order valence-corrected chi connectivity index (χ1v) is 19.5. The van der Waals surface area contributed by atoms with E-state index in [1.165, 1.54) is 55.6 Å². The quantitative estimate of drug-likeness (QED) is 0.171. The highest BCUT2D eigenvalue weighted by Crippen LogP contribution is 2.45. The molecule has 0 aliphatic heterocycles. The summed E-state index contributed by atoms with van der Waals surface area (Å²) in [5.74, 6) is 0.506. The molecule has 0 spiro atoms. The average Bonchev–Trinajstić information content (AvgIpc) is 3.61. The summed E-state index contributed by atoms with van der Waals surface area (Å²) < 4.78 is 6.64. The van der Waals surface area contributed by atoms with Crippen LogP contribution in [-0.4, -0.2) is 0 Å². The van der Waals surface area contributed by atoms with Crippen molar-refractivity contribution in [3.05, 3.63) is 192 Å². The van der Waals surface area contributed by atoms with Crippen molar-refractivity contribution in [1.29, 1.82) is 0 Å². The van der Waals surface area contributed by atoms with Gasteiger partial charge >= 0.3 is 0 Å². The van der Waals surface area contributed by atoms with Crippen LogP contribution < -0.4 is 4.90 Å². The maximum atomic E-state index is 6.64. The minimum Gasteiger partial charge on any atom is -0.456 e. The lowest BCUT2D eigenvalue weighted by Crippen LogP contribution is -2.10. The van der Waals surface area contributed by atoms with Gasteiger partial charge in [0.05, 0.1) is 11.1 Å². The van der Waals surface area contributed by atoms with E-state index in [0.717, 1.165) is 58.3 Å². The van der Waals surface area contributed by atoms with Gasteiger partial charge in [0.1, 0.15) is 11.2 Å². The Kier molecular flexibility index (Phi) is 8.37. The predicted molar refractivity (Wildman–Crippen MR) is 234 cm³/mol. The summed E-state index contributed by atoms with van der Waals surface area (Å²) >= 11 is 0. The number of furan rings is 1. The number of rotatable bonds is 6. The van der Waals surface area contributed by atoms with E-state index in [1.807, 2.05) is 0 Å². The molecule has 1 unspecified atom stereocenters. The Bertz CT molecular complexity index is 2770. The lowest BCUT2D eigenvalue weighted by molar-refractivity contribution is 0.669. The van der Waals surface area contributed by atoms with E-state index in [0.29, 0.717) is 5.92 Å². The van der Waals surface area contributed by atoms with E-state index in [4.69, 9.17) is 4.42 Å². The first kappa shape index (κ1) is 33.0. The molecule has 1 aromatic heterocycles. The Morgan fingerprint density at radius 2 is 1.20 bits per heavy atom. The predicted octanol–water partition coefficient (Wildman–Crippen LogP) is 15.1. The van der Waals surface area contributed by atoms with Crippen LogP contribution in [0.4, 0.5) is 17.1 Å². The second-order valence-electron chi connectivity index (χ2n) is 14.9. The second-order valence-corrected chi connectivity index (χ2v) is 14.9. The third-order valence-corrected chi connectivity index (χ3v) is 11.3. The van der Waals surface area contributed by atoms with E-state index in [9.17, 15) is 0 Å². The number of allylic oxidation sites excluding steroid dienone is 3. The fraction of sp³-hybridized carbons (Fsp3) is 0.0943. The lowest BCUT2D eigenvalue weighted by Gasteiger charge is -2.27. The van der Waals surface area contributed by atoms with Crippen LogP contribution in [-0.2, 0) is 6.42 Å². The topological polar surface area (TPSA) is 16.4 Å². The molecular weight excluding hydrogens is 667 g/mol. The highest BCUT2D eigenvalue weighted by Gasteiger charge is 2.22. The molecule has 7 aromatic carbocycles. The van der Waals surface area contributed by atoms with Crippen molar-refractivity contribution in [2.75, 3.05) is 4.90 Å². The van der Waals surface area contributed by atoms with Crippen LogP contribution in [0, 0.1) is 5.92 Å². The van der Waals surface area contributed by atoms with Crippen molar-refractivity contribution in [1.82, 2.24) is 0 Å². The van der Waals surface area contributed by atoms with Gasteiger partial charge in [-0.1, -0.05) is 147 Å². The Labute approximate surface area is 323 Å². The van der Waals surface area contributed by atoms with Crippen LogP contribution in [0.1, 0.15) is 42.0 Å². The second kappa shape index (κ2) is 14.0.